The molecule has 1 aromatic carbocycles. The van der Waals surface area contributed by atoms with Crippen LogP contribution in [0.4, 0.5) is 13.2 Å². The van der Waals surface area contributed by atoms with E-state index in [-0.39, 0.29) is 11.5 Å². The van der Waals surface area contributed by atoms with E-state index in [0.29, 0.717) is 21.8 Å². The van der Waals surface area contributed by atoms with Crippen LogP contribution in [0, 0.1) is 0 Å². The van der Waals surface area contributed by atoms with Gasteiger partial charge in [-0.3, -0.25) is 0 Å². The highest BCUT2D eigenvalue weighted by Gasteiger charge is 2.37. The zero-order valence-corrected chi connectivity index (χ0v) is 11.7. The number of alkyl halides is 3. The minimum atomic E-state index is -4.41. The molecule has 0 saturated heterocycles. The summed E-state index contributed by atoms with van der Waals surface area (Å²) >= 11 is 0.633. The summed E-state index contributed by atoms with van der Waals surface area (Å²) in [5, 5.41) is 4.00. The van der Waals surface area contributed by atoms with E-state index in [1.807, 2.05) is 0 Å². The molecule has 0 unspecified atom stereocenters. The number of hydrogen-bond acceptors (Lipinski definition) is 3. The molecule has 0 fully saturated rings. The van der Waals surface area contributed by atoms with Gasteiger partial charge in [-0.25, -0.2) is 0 Å². The van der Waals surface area contributed by atoms with E-state index < -0.39 is 11.1 Å². The molecule has 0 amide bonds. The van der Waals surface area contributed by atoms with Crippen LogP contribution in [0.1, 0.15) is 4.88 Å². The van der Waals surface area contributed by atoms with Crippen LogP contribution in [0.2, 0.25) is 0 Å². The second kappa shape index (κ2) is 5.00. The van der Waals surface area contributed by atoms with Crippen molar-refractivity contribution >= 4 is 11.3 Å². The van der Waals surface area contributed by atoms with Gasteiger partial charge >= 0.3 is 18.5 Å². The van der Waals surface area contributed by atoms with E-state index in [0.717, 1.165) is 0 Å². The van der Waals surface area contributed by atoms with Crippen LogP contribution in [0.15, 0.2) is 47.2 Å². The minimum Gasteiger partial charge on any atom is -0.382 e. The Morgan fingerprint density at radius 2 is 1.90 bits per heavy atom. The first-order valence-corrected chi connectivity index (χ1v) is 6.85. The molecule has 0 aliphatic carbocycles. The Morgan fingerprint density at radius 1 is 1.19 bits per heavy atom. The topological polar surface area (TPSA) is 29.9 Å². The third-order valence-corrected chi connectivity index (χ3v) is 4.02. The Bertz CT molecular complexity index is 762. The molecule has 0 saturated carbocycles. The number of aryl methyl sites for hydroxylation is 1. The van der Waals surface area contributed by atoms with Crippen molar-refractivity contribution in [2.24, 2.45) is 7.05 Å². The number of thiophene rings is 1. The number of hydrogen-bond donors (Lipinski definition) is 0. The van der Waals surface area contributed by atoms with Crippen molar-refractivity contribution in [3.8, 4) is 21.9 Å². The number of halogens is 3. The van der Waals surface area contributed by atoms with Crippen molar-refractivity contribution in [2.75, 3.05) is 0 Å². The number of aromatic nitrogens is 2. The van der Waals surface area contributed by atoms with Gasteiger partial charge in [-0.2, -0.15) is 13.2 Å². The van der Waals surface area contributed by atoms with Crippen molar-refractivity contribution in [3.63, 3.8) is 0 Å². The van der Waals surface area contributed by atoms with Gasteiger partial charge < -0.3 is 4.42 Å². The summed E-state index contributed by atoms with van der Waals surface area (Å²) in [7, 11) is 1.64. The summed E-state index contributed by atoms with van der Waals surface area (Å²) in [6.07, 6.45) is -3.08. The number of rotatable bonds is 2. The summed E-state index contributed by atoms with van der Waals surface area (Å²) in [5.74, 6) is 0.176. The van der Waals surface area contributed by atoms with Gasteiger partial charge in [0.1, 0.15) is 4.88 Å². The lowest BCUT2D eigenvalue weighted by atomic mass is 10.1. The lowest BCUT2D eigenvalue weighted by Gasteiger charge is -2.07. The van der Waals surface area contributed by atoms with Crippen LogP contribution in [0.3, 0.4) is 0 Å². The molecule has 2 heterocycles. The first-order valence-electron chi connectivity index (χ1n) is 6.03. The Hall–Kier alpha value is -2.15. The van der Waals surface area contributed by atoms with Gasteiger partial charge in [0, 0.05) is 10.7 Å². The van der Waals surface area contributed by atoms with Gasteiger partial charge in [0.25, 0.3) is 0 Å². The van der Waals surface area contributed by atoms with Crippen LogP contribution in [-0.2, 0) is 13.2 Å². The first-order chi connectivity index (χ1) is 9.95. The molecule has 2 aromatic heterocycles. The standard InChI is InChI=1S/C14H10F3N2OS/c1-19-8-20-13(18-19)11-7-10(9-5-3-2-4-6-9)12(21-11)14(15,16)17/h2-8H,1H3/q+1. The number of benzene rings is 1. The van der Waals surface area contributed by atoms with Gasteiger partial charge in [0.05, 0.1) is 4.88 Å². The van der Waals surface area contributed by atoms with E-state index in [2.05, 4.69) is 5.10 Å². The summed E-state index contributed by atoms with van der Waals surface area (Å²) < 4.78 is 46.2. The fourth-order valence-corrected chi connectivity index (χ4v) is 2.94. The van der Waals surface area contributed by atoms with Crippen molar-refractivity contribution < 1.29 is 22.3 Å². The molecule has 0 N–H and O–H groups in total. The molecule has 0 spiro atoms. The van der Waals surface area contributed by atoms with Crippen LogP contribution in [0.5, 0.6) is 0 Å². The lowest BCUT2D eigenvalue weighted by Crippen LogP contribution is -2.28. The molecule has 3 nitrogen and oxygen atoms in total. The van der Waals surface area contributed by atoms with Gasteiger partial charge in [0.15, 0.2) is 7.05 Å². The second-order valence-electron chi connectivity index (χ2n) is 4.42. The predicted octanol–water partition coefficient (Wildman–Crippen LogP) is 3.91. The highest BCUT2D eigenvalue weighted by molar-refractivity contribution is 7.16. The maximum atomic E-state index is 13.2. The molecule has 3 aromatic rings. The van der Waals surface area contributed by atoms with Gasteiger partial charge in [-0.05, 0) is 11.6 Å². The monoisotopic (exact) mass is 311 g/mol. The lowest BCUT2D eigenvalue weighted by molar-refractivity contribution is -0.730. The predicted molar refractivity (Wildman–Crippen MR) is 71.4 cm³/mol. The van der Waals surface area contributed by atoms with Gasteiger partial charge in [0.2, 0.25) is 0 Å². The third kappa shape index (κ3) is 2.69. The summed E-state index contributed by atoms with van der Waals surface area (Å²) in [4.78, 5) is -0.300. The Kier molecular flexibility index (Phi) is 3.29. The zero-order chi connectivity index (χ0) is 15.0. The van der Waals surface area contributed by atoms with E-state index >= 15 is 0 Å². The summed E-state index contributed by atoms with van der Waals surface area (Å²) in [5.41, 5.74) is 0.659. The molecular formula is C14H10F3N2OS+. The average Bonchev–Trinajstić information content (AvgIpc) is 3.05. The molecule has 0 aliphatic heterocycles. The molecule has 0 radical (unpaired) electrons. The highest BCUT2D eigenvalue weighted by atomic mass is 32.1. The smallest absolute Gasteiger partial charge is 0.382 e. The molecule has 7 heteroatoms. The Labute approximate surface area is 122 Å². The van der Waals surface area contributed by atoms with Crippen molar-refractivity contribution in [1.82, 2.24) is 5.10 Å². The molecule has 0 bridgehead atoms. The van der Waals surface area contributed by atoms with Crippen LogP contribution in [-0.4, -0.2) is 5.10 Å². The van der Waals surface area contributed by atoms with Crippen LogP contribution < -0.4 is 4.68 Å². The molecular weight excluding hydrogens is 301 g/mol. The SMILES string of the molecule is C[n+]1coc(-c2cc(-c3ccccc3)c(C(F)(F)F)s2)n1. The van der Waals surface area contributed by atoms with Crippen molar-refractivity contribution in [3.05, 3.63) is 47.7 Å². The third-order valence-electron chi connectivity index (χ3n) is 2.85. The Balaban J connectivity index is 2.17. The largest absolute Gasteiger partial charge is 0.426 e. The average molecular weight is 311 g/mol. The van der Waals surface area contributed by atoms with E-state index in [1.54, 1.807) is 37.4 Å². The quantitative estimate of drug-likeness (QED) is 0.672. The molecule has 0 aliphatic rings. The highest BCUT2D eigenvalue weighted by Crippen LogP contribution is 2.45. The molecule has 21 heavy (non-hydrogen) atoms. The Morgan fingerprint density at radius 3 is 2.48 bits per heavy atom. The van der Waals surface area contributed by atoms with Gasteiger partial charge in [-0.1, -0.05) is 35.0 Å². The maximum Gasteiger partial charge on any atom is 0.426 e. The van der Waals surface area contributed by atoms with E-state index in [1.165, 1.54) is 17.1 Å². The number of nitrogens with zero attached hydrogens (tertiary/aromatic N) is 2. The second-order valence-corrected chi connectivity index (χ2v) is 5.47. The van der Waals surface area contributed by atoms with Gasteiger partial charge in [-0.15, -0.1) is 11.3 Å². The van der Waals surface area contributed by atoms with E-state index in [4.69, 9.17) is 4.42 Å². The molecule has 108 valence electrons. The van der Waals surface area contributed by atoms with Crippen LogP contribution >= 0.6 is 11.3 Å². The summed E-state index contributed by atoms with van der Waals surface area (Å²) in [6, 6.07) is 9.94. The molecule has 3 rings (SSSR count). The van der Waals surface area contributed by atoms with Crippen molar-refractivity contribution in [1.29, 1.82) is 0 Å². The zero-order valence-electron chi connectivity index (χ0n) is 10.9. The first kappa shape index (κ1) is 13.8. The fraction of sp³-hybridized carbons (Fsp3) is 0.143. The maximum absolute atomic E-state index is 13.2. The van der Waals surface area contributed by atoms with Crippen LogP contribution in [0.25, 0.3) is 21.9 Å². The summed E-state index contributed by atoms with van der Waals surface area (Å²) in [6.45, 7) is 0. The van der Waals surface area contributed by atoms with Crippen molar-refractivity contribution in [2.45, 2.75) is 6.18 Å². The normalized spacial score (nSPS) is 11.8. The van der Waals surface area contributed by atoms with E-state index in [9.17, 15) is 13.2 Å². The minimum absolute atomic E-state index is 0.143. The molecule has 0 atom stereocenters. The fourth-order valence-electron chi connectivity index (χ4n) is 1.96.